The number of carbonyl (C=O) groups is 4. The molecule has 0 aliphatic heterocycles. The maximum Gasteiger partial charge on any atom is 0.491 e. The number of ether oxygens (including phenoxy) is 1. The predicted molar refractivity (Wildman–Crippen MR) is 126 cm³/mol. The van der Waals surface area contributed by atoms with E-state index in [1.54, 1.807) is 24.4 Å². The van der Waals surface area contributed by atoms with Crippen molar-refractivity contribution in [2.24, 2.45) is 0 Å². The van der Waals surface area contributed by atoms with Crippen molar-refractivity contribution in [3.8, 4) is 0 Å². The van der Waals surface area contributed by atoms with E-state index in [0.717, 1.165) is 12.1 Å². The van der Waals surface area contributed by atoms with Crippen molar-refractivity contribution < 1.29 is 42.0 Å². The summed E-state index contributed by atoms with van der Waals surface area (Å²) in [6.45, 7) is -0.151. The Balaban J connectivity index is 1.98. The Morgan fingerprint density at radius 1 is 1.13 bits per heavy atom. The van der Waals surface area contributed by atoms with Crippen LogP contribution in [0.2, 0.25) is 5.02 Å². The molecule has 38 heavy (non-hydrogen) atoms. The Hall–Kier alpha value is -4.27. The summed E-state index contributed by atoms with van der Waals surface area (Å²) in [5.41, 5.74) is -0.687. The van der Waals surface area contributed by atoms with Crippen LogP contribution in [0.15, 0.2) is 42.6 Å². The molecule has 1 atom stereocenters. The van der Waals surface area contributed by atoms with Crippen molar-refractivity contribution in [1.29, 1.82) is 0 Å². The fraction of sp³-hybridized carbons (Fsp3) is 0.318. The molecule has 0 saturated heterocycles. The fourth-order valence-corrected chi connectivity index (χ4v) is 3.14. The van der Waals surface area contributed by atoms with Gasteiger partial charge in [-0.1, -0.05) is 23.7 Å². The minimum Gasteiger partial charge on any atom is -0.386 e. The van der Waals surface area contributed by atoms with Crippen LogP contribution in [0.1, 0.15) is 30.9 Å². The Morgan fingerprint density at radius 2 is 1.87 bits per heavy atom. The Morgan fingerprint density at radius 3 is 2.50 bits per heavy atom. The van der Waals surface area contributed by atoms with Crippen LogP contribution in [0.3, 0.4) is 0 Å². The van der Waals surface area contributed by atoms with E-state index >= 15 is 0 Å². The molecular weight excluding hydrogens is 539 g/mol. The second-order valence-electron chi connectivity index (χ2n) is 7.57. The number of nitrogens with one attached hydrogen (secondary N) is 3. The highest BCUT2D eigenvalue weighted by atomic mass is 35.5. The van der Waals surface area contributed by atoms with E-state index in [1.807, 2.05) is 0 Å². The van der Waals surface area contributed by atoms with Crippen LogP contribution in [-0.2, 0) is 23.9 Å². The van der Waals surface area contributed by atoms with Crippen LogP contribution in [0, 0.1) is 10.1 Å². The van der Waals surface area contributed by atoms with Gasteiger partial charge in [0.15, 0.2) is 0 Å². The van der Waals surface area contributed by atoms with Crippen LogP contribution >= 0.6 is 11.6 Å². The van der Waals surface area contributed by atoms with Crippen LogP contribution in [0.4, 0.5) is 24.7 Å². The predicted octanol–water partition coefficient (Wildman–Crippen LogP) is 2.83. The average Bonchev–Trinajstić information content (AvgIpc) is 2.85. The minimum atomic E-state index is -5.44. The van der Waals surface area contributed by atoms with E-state index in [9.17, 15) is 42.5 Å². The molecule has 16 heteroatoms. The van der Waals surface area contributed by atoms with Gasteiger partial charge in [-0.25, -0.2) is 9.78 Å². The van der Waals surface area contributed by atoms with Crippen LogP contribution < -0.4 is 16.0 Å². The lowest BCUT2D eigenvalue weighted by atomic mass is 10.0. The third-order valence-corrected chi connectivity index (χ3v) is 5.03. The molecule has 0 fully saturated rings. The molecule has 12 nitrogen and oxygen atoms in total. The Bertz CT molecular complexity index is 1180. The van der Waals surface area contributed by atoms with Crippen molar-refractivity contribution in [1.82, 2.24) is 15.6 Å². The van der Waals surface area contributed by atoms with E-state index in [2.05, 4.69) is 25.7 Å². The zero-order chi connectivity index (χ0) is 28.3. The number of rotatable bonds is 12. The molecule has 2 rings (SSSR count). The first-order valence-electron chi connectivity index (χ1n) is 10.8. The largest absolute Gasteiger partial charge is 0.491 e. The van der Waals surface area contributed by atoms with Crippen LogP contribution in [0.5, 0.6) is 0 Å². The van der Waals surface area contributed by atoms with Gasteiger partial charge in [0.05, 0.1) is 23.9 Å². The first-order valence-corrected chi connectivity index (χ1v) is 11.2. The van der Waals surface area contributed by atoms with Crippen molar-refractivity contribution in [2.45, 2.75) is 31.5 Å². The molecule has 204 valence electrons. The summed E-state index contributed by atoms with van der Waals surface area (Å²) in [7, 11) is 0. The topological polar surface area (TPSA) is 170 Å². The average molecular weight is 560 g/mol. The fourth-order valence-electron chi connectivity index (χ4n) is 2.95. The number of halogens is 4. The molecule has 0 aliphatic carbocycles. The number of nitro groups is 1. The monoisotopic (exact) mass is 559 g/mol. The number of amides is 2. The number of anilines is 1. The number of nitro benzene ring substituents is 1. The molecule has 3 N–H and O–H groups in total. The summed E-state index contributed by atoms with van der Waals surface area (Å²) in [4.78, 5) is 61.7. The van der Waals surface area contributed by atoms with E-state index in [0.29, 0.717) is 18.8 Å². The Labute approximate surface area is 218 Å². The lowest BCUT2D eigenvalue weighted by molar-refractivity contribution is -0.384. The second kappa shape index (κ2) is 13.9. The summed E-state index contributed by atoms with van der Waals surface area (Å²) in [6, 6.07) is 6.99. The Kier molecular flexibility index (Phi) is 10.9. The van der Waals surface area contributed by atoms with E-state index in [-0.39, 0.29) is 17.0 Å². The number of carbonyl (C=O) groups excluding carboxylic acids is 4. The number of nitrogens with zero attached hydrogens (tertiary/aromatic N) is 2. The molecule has 0 radical (unpaired) electrons. The first kappa shape index (κ1) is 30.0. The molecule has 2 aromatic rings. The quantitative estimate of drug-likeness (QED) is 0.116. The summed E-state index contributed by atoms with van der Waals surface area (Å²) in [5.74, 6) is -5.16. The highest BCUT2D eigenvalue weighted by molar-refractivity contribution is 6.32. The van der Waals surface area contributed by atoms with Crippen LogP contribution in [0.25, 0.3) is 0 Å². The van der Waals surface area contributed by atoms with Gasteiger partial charge in [0, 0.05) is 25.2 Å². The molecule has 1 aromatic heterocycles. The maximum absolute atomic E-state index is 12.4. The molecule has 0 aliphatic rings. The second-order valence-corrected chi connectivity index (χ2v) is 7.98. The molecule has 1 heterocycles. The first-order chi connectivity index (χ1) is 17.9. The van der Waals surface area contributed by atoms with Gasteiger partial charge in [-0.3, -0.25) is 24.5 Å². The number of benzene rings is 1. The van der Waals surface area contributed by atoms with Gasteiger partial charge < -0.3 is 20.7 Å². The standard InChI is InChI=1S/C22H21ClF3N5O7/c23-14-7-6-13(10-16(14)31(36)37)15(11-20(34)38-21(35)22(24,25)26)30-19(33)12-29-18(32)5-3-9-28-17-4-1-2-8-27-17/h1-2,4,6-8,10,15H,3,5,9,11-12H2,(H,27,28)(H,29,32)(H,30,33). The minimum absolute atomic E-state index is 0.0474. The zero-order valence-corrected chi connectivity index (χ0v) is 20.2. The molecule has 0 bridgehead atoms. The van der Waals surface area contributed by atoms with Gasteiger partial charge in [0.1, 0.15) is 10.8 Å². The summed E-state index contributed by atoms with van der Waals surface area (Å²) in [5, 5.41) is 18.5. The van der Waals surface area contributed by atoms with Gasteiger partial charge >= 0.3 is 18.1 Å². The molecule has 0 spiro atoms. The number of esters is 2. The highest BCUT2D eigenvalue weighted by Crippen LogP contribution is 2.29. The van der Waals surface area contributed by atoms with Crippen molar-refractivity contribution in [2.75, 3.05) is 18.4 Å². The number of aromatic nitrogens is 1. The number of hydrogen-bond acceptors (Lipinski definition) is 9. The third-order valence-electron chi connectivity index (χ3n) is 4.71. The van der Waals surface area contributed by atoms with E-state index in [4.69, 9.17) is 11.6 Å². The van der Waals surface area contributed by atoms with Gasteiger partial charge in [-0.2, -0.15) is 13.2 Å². The number of hydrogen-bond donors (Lipinski definition) is 3. The summed E-state index contributed by atoms with van der Waals surface area (Å²) < 4.78 is 41.0. The number of pyridine rings is 1. The summed E-state index contributed by atoms with van der Waals surface area (Å²) >= 11 is 5.75. The molecule has 1 unspecified atom stereocenters. The third kappa shape index (κ3) is 10.0. The maximum atomic E-state index is 12.4. The number of alkyl halides is 3. The SMILES string of the molecule is O=C(CCCNc1ccccn1)NCC(=O)NC(CC(=O)OC(=O)C(F)(F)F)c1ccc(Cl)c([N+](=O)[O-])c1. The van der Waals surface area contributed by atoms with Crippen LogP contribution in [-0.4, -0.2) is 52.9 Å². The molecule has 2 amide bonds. The van der Waals surface area contributed by atoms with Gasteiger partial charge in [0.2, 0.25) is 11.8 Å². The van der Waals surface area contributed by atoms with E-state index < -0.39 is 59.5 Å². The van der Waals surface area contributed by atoms with E-state index in [1.165, 1.54) is 6.07 Å². The van der Waals surface area contributed by atoms with Gasteiger partial charge in [-0.05, 0) is 30.2 Å². The molecule has 0 saturated carbocycles. The van der Waals surface area contributed by atoms with Crippen molar-refractivity contribution in [3.63, 3.8) is 0 Å². The van der Waals surface area contributed by atoms with Crippen molar-refractivity contribution >= 4 is 46.9 Å². The zero-order valence-electron chi connectivity index (χ0n) is 19.4. The van der Waals surface area contributed by atoms with Gasteiger partial charge in [-0.15, -0.1) is 0 Å². The molecule has 1 aromatic carbocycles. The summed E-state index contributed by atoms with van der Waals surface area (Å²) in [6.07, 6.45) is -4.38. The van der Waals surface area contributed by atoms with Gasteiger partial charge in [0.25, 0.3) is 5.69 Å². The van der Waals surface area contributed by atoms with Crippen molar-refractivity contribution in [3.05, 3.63) is 63.3 Å². The smallest absolute Gasteiger partial charge is 0.386 e. The molecular formula is C22H21ClF3N5O7. The highest BCUT2D eigenvalue weighted by Gasteiger charge is 2.42. The lowest BCUT2D eigenvalue weighted by Gasteiger charge is -2.19. The normalized spacial score (nSPS) is 11.7. The lowest BCUT2D eigenvalue weighted by Crippen LogP contribution is -2.39.